The number of hydrogen-bond donors (Lipinski definition) is 1. The Morgan fingerprint density at radius 1 is 1.40 bits per heavy atom. The second kappa shape index (κ2) is 5.39. The maximum atomic E-state index is 12.6. The highest BCUT2D eigenvalue weighted by Crippen LogP contribution is 2.41. The zero-order chi connectivity index (χ0) is 15.9. The molecule has 0 unspecified atom stereocenters. The predicted octanol–water partition coefficient (Wildman–Crippen LogP) is 3.68. The highest BCUT2D eigenvalue weighted by atomic mass is 28.4. The van der Waals surface area contributed by atoms with Crippen LogP contribution in [0.5, 0.6) is 0 Å². The van der Waals surface area contributed by atoms with Gasteiger partial charge >= 0.3 is 0 Å². The predicted molar refractivity (Wildman–Crippen MR) is 85.2 cm³/mol. The monoisotopic (exact) mass is 298 g/mol. The topological polar surface area (TPSA) is 46.5 Å². The van der Waals surface area contributed by atoms with E-state index in [4.69, 9.17) is 4.43 Å². The fourth-order valence-corrected chi connectivity index (χ4v) is 3.81. The van der Waals surface area contributed by atoms with E-state index >= 15 is 0 Å². The van der Waals surface area contributed by atoms with Gasteiger partial charge < -0.3 is 9.53 Å². The molecule has 0 amide bonds. The fourth-order valence-electron chi connectivity index (χ4n) is 2.20. The summed E-state index contributed by atoms with van der Waals surface area (Å²) in [4.78, 5) is 12.6. The van der Waals surface area contributed by atoms with Crippen LogP contribution in [0.4, 0.5) is 0 Å². The van der Waals surface area contributed by atoms with Gasteiger partial charge in [-0.25, -0.2) is 0 Å². The van der Waals surface area contributed by atoms with Crippen molar-refractivity contribution in [3.63, 3.8) is 0 Å². The molecular weight excluding hydrogens is 268 g/mol. The zero-order valence-electron chi connectivity index (χ0n) is 14.2. The molecule has 0 fully saturated rings. The first-order valence-electron chi connectivity index (χ1n) is 7.42. The standard InChI is InChI=1S/C16H30O3Si/c1-11-9-13(17)16(6,14(18)10-12(11)2)19-20(7,8)15(3,4)5/h9,12,14,18H,10H2,1-8H3/t12-,14+,16+/m0/s1. The summed E-state index contributed by atoms with van der Waals surface area (Å²) in [7, 11) is -2.12. The van der Waals surface area contributed by atoms with E-state index in [2.05, 4.69) is 33.9 Å². The molecule has 0 aromatic rings. The smallest absolute Gasteiger partial charge is 0.193 e. The Hall–Kier alpha value is -0.453. The van der Waals surface area contributed by atoms with E-state index in [9.17, 15) is 9.90 Å². The minimum absolute atomic E-state index is 0.00664. The molecule has 3 atom stereocenters. The third-order valence-corrected chi connectivity index (χ3v) is 9.66. The average Bonchev–Trinajstić information content (AvgIpc) is 2.30. The van der Waals surface area contributed by atoms with Crippen molar-refractivity contribution < 1.29 is 14.3 Å². The second-order valence-electron chi connectivity index (χ2n) is 7.87. The number of ketones is 1. The first kappa shape index (κ1) is 17.6. The molecule has 4 heteroatoms. The van der Waals surface area contributed by atoms with Crippen molar-refractivity contribution in [1.82, 2.24) is 0 Å². The lowest BCUT2D eigenvalue weighted by atomic mass is 9.91. The lowest BCUT2D eigenvalue weighted by molar-refractivity contribution is -0.139. The van der Waals surface area contributed by atoms with Crippen molar-refractivity contribution in [2.75, 3.05) is 0 Å². The highest BCUT2D eigenvalue weighted by Gasteiger charge is 2.50. The minimum Gasteiger partial charge on any atom is -0.402 e. The van der Waals surface area contributed by atoms with Crippen molar-refractivity contribution in [2.24, 2.45) is 5.92 Å². The Morgan fingerprint density at radius 2 is 1.90 bits per heavy atom. The lowest BCUT2D eigenvalue weighted by Gasteiger charge is -2.44. The van der Waals surface area contributed by atoms with Crippen LogP contribution in [0.2, 0.25) is 18.1 Å². The molecule has 20 heavy (non-hydrogen) atoms. The van der Waals surface area contributed by atoms with Crippen LogP contribution in [-0.4, -0.2) is 30.9 Å². The Labute approximate surface area is 124 Å². The molecule has 3 nitrogen and oxygen atoms in total. The molecule has 1 aliphatic rings. The number of aliphatic hydroxyl groups excluding tert-OH is 1. The summed E-state index contributed by atoms with van der Waals surface area (Å²) in [5.41, 5.74) is -0.0914. The summed E-state index contributed by atoms with van der Waals surface area (Å²) in [5.74, 6) is 0.107. The molecule has 0 radical (unpaired) electrons. The molecule has 0 aromatic heterocycles. The van der Waals surface area contributed by atoms with Crippen LogP contribution in [-0.2, 0) is 9.22 Å². The van der Waals surface area contributed by atoms with Gasteiger partial charge in [-0.3, -0.25) is 4.79 Å². The van der Waals surface area contributed by atoms with Crippen LogP contribution in [0.1, 0.15) is 48.0 Å². The maximum Gasteiger partial charge on any atom is 0.193 e. The lowest BCUT2D eigenvalue weighted by Crippen LogP contribution is -2.57. The van der Waals surface area contributed by atoms with E-state index in [-0.39, 0.29) is 16.7 Å². The van der Waals surface area contributed by atoms with Gasteiger partial charge in [0.05, 0.1) is 6.10 Å². The zero-order valence-corrected chi connectivity index (χ0v) is 15.2. The average molecular weight is 298 g/mol. The summed E-state index contributed by atoms with van der Waals surface area (Å²) in [6.07, 6.45) is 1.47. The number of aliphatic hydroxyl groups is 1. The molecule has 0 saturated carbocycles. The third-order valence-electron chi connectivity index (χ3n) is 5.11. The molecule has 116 valence electrons. The quantitative estimate of drug-likeness (QED) is 0.791. The first-order chi connectivity index (χ1) is 8.81. The van der Waals surface area contributed by atoms with E-state index in [0.29, 0.717) is 6.42 Å². The van der Waals surface area contributed by atoms with Crippen LogP contribution in [0, 0.1) is 5.92 Å². The van der Waals surface area contributed by atoms with Gasteiger partial charge in [0, 0.05) is 0 Å². The summed E-state index contributed by atoms with van der Waals surface area (Å²) < 4.78 is 6.33. The van der Waals surface area contributed by atoms with Gasteiger partial charge in [-0.05, 0) is 50.4 Å². The Balaban J connectivity index is 3.16. The van der Waals surface area contributed by atoms with Gasteiger partial charge in [-0.1, -0.05) is 33.3 Å². The molecule has 0 saturated heterocycles. The molecule has 1 aliphatic carbocycles. The number of carbonyl (C=O) groups is 1. The van der Waals surface area contributed by atoms with Gasteiger partial charge in [-0.15, -0.1) is 0 Å². The van der Waals surface area contributed by atoms with Crippen molar-refractivity contribution in [3.05, 3.63) is 11.6 Å². The van der Waals surface area contributed by atoms with Gasteiger partial charge in [0.25, 0.3) is 0 Å². The Morgan fingerprint density at radius 3 is 2.35 bits per heavy atom. The largest absolute Gasteiger partial charge is 0.402 e. The number of carbonyl (C=O) groups excluding carboxylic acids is 1. The van der Waals surface area contributed by atoms with E-state index < -0.39 is 20.0 Å². The summed E-state index contributed by atoms with van der Waals surface area (Å²) >= 11 is 0. The number of hydrogen-bond acceptors (Lipinski definition) is 3. The summed E-state index contributed by atoms with van der Waals surface area (Å²) in [6, 6.07) is 0. The number of rotatable bonds is 2. The molecule has 0 bridgehead atoms. The van der Waals surface area contributed by atoms with E-state index in [1.54, 1.807) is 13.0 Å². The Kier molecular flexibility index (Phi) is 4.74. The van der Waals surface area contributed by atoms with E-state index in [0.717, 1.165) is 5.57 Å². The maximum absolute atomic E-state index is 12.6. The van der Waals surface area contributed by atoms with Gasteiger partial charge in [0.2, 0.25) is 0 Å². The van der Waals surface area contributed by atoms with Gasteiger partial charge in [0.1, 0.15) is 5.60 Å². The van der Waals surface area contributed by atoms with Crippen LogP contribution in [0.15, 0.2) is 11.6 Å². The van der Waals surface area contributed by atoms with Gasteiger partial charge in [-0.2, -0.15) is 0 Å². The fraction of sp³-hybridized carbons (Fsp3) is 0.812. The van der Waals surface area contributed by atoms with Gasteiger partial charge in [0.15, 0.2) is 14.1 Å². The van der Waals surface area contributed by atoms with Crippen LogP contribution in [0.3, 0.4) is 0 Å². The summed E-state index contributed by atoms with van der Waals surface area (Å²) in [5, 5.41) is 10.5. The van der Waals surface area contributed by atoms with Crippen molar-refractivity contribution in [3.8, 4) is 0 Å². The second-order valence-corrected chi connectivity index (χ2v) is 12.6. The van der Waals surface area contributed by atoms with Crippen molar-refractivity contribution in [1.29, 1.82) is 0 Å². The van der Waals surface area contributed by atoms with Crippen LogP contribution in [0.25, 0.3) is 0 Å². The third kappa shape index (κ3) is 3.23. The van der Waals surface area contributed by atoms with Crippen molar-refractivity contribution in [2.45, 2.75) is 77.8 Å². The molecular formula is C16H30O3Si. The van der Waals surface area contributed by atoms with E-state index in [1.807, 2.05) is 13.8 Å². The highest BCUT2D eigenvalue weighted by molar-refractivity contribution is 6.74. The molecule has 0 aromatic carbocycles. The molecule has 1 rings (SSSR count). The summed E-state index contributed by atoms with van der Waals surface area (Å²) in [6.45, 7) is 16.4. The van der Waals surface area contributed by atoms with Crippen LogP contribution < -0.4 is 0 Å². The SMILES string of the molecule is CC1=CC(=O)[C@@](C)(O[Si](C)(C)C(C)(C)C)[C@H](O)C[C@@H]1C. The number of allylic oxidation sites excluding steroid dienone is 1. The molecule has 1 N–H and O–H groups in total. The first-order valence-corrected chi connectivity index (χ1v) is 10.3. The minimum atomic E-state index is -2.12. The van der Waals surface area contributed by atoms with Crippen LogP contribution >= 0.6 is 0 Å². The molecule has 0 spiro atoms. The molecule has 0 heterocycles. The van der Waals surface area contributed by atoms with Crippen molar-refractivity contribution >= 4 is 14.1 Å². The Bertz CT molecular complexity index is 420. The normalized spacial score (nSPS) is 32.9. The van der Waals surface area contributed by atoms with E-state index in [1.165, 1.54) is 0 Å². The molecule has 0 aliphatic heterocycles.